The van der Waals surface area contributed by atoms with Crippen LogP contribution in [0, 0.1) is 5.92 Å². The maximum absolute atomic E-state index is 14.5. The van der Waals surface area contributed by atoms with Crippen molar-refractivity contribution in [3.8, 4) is 11.5 Å². The molecule has 0 aliphatic carbocycles. The molecular formula is C44H70N14O9. The van der Waals surface area contributed by atoms with Gasteiger partial charge in [0.2, 0.25) is 41.4 Å². The van der Waals surface area contributed by atoms with Crippen LogP contribution in [-0.2, 0) is 46.4 Å². The molecular weight excluding hydrogens is 869 g/mol. The molecule has 2 aromatic rings. The van der Waals surface area contributed by atoms with Crippen LogP contribution in [0.15, 0.2) is 58.5 Å². The number of phenolic OH excluding ortho intramolecular Hbond substituents is 2. The van der Waals surface area contributed by atoms with Crippen molar-refractivity contribution in [3.05, 3.63) is 59.7 Å². The topological polar surface area (TPSA) is 413 Å². The molecule has 0 spiro atoms. The average molecular weight is 939 g/mol. The van der Waals surface area contributed by atoms with Gasteiger partial charge < -0.3 is 76.5 Å². The van der Waals surface area contributed by atoms with Gasteiger partial charge in [0, 0.05) is 32.9 Å². The number of aromatic hydroxyl groups is 2. The van der Waals surface area contributed by atoms with E-state index >= 15 is 0 Å². The van der Waals surface area contributed by atoms with E-state index in [2.05, 4.69) is 41.9 Å². The average Bonchev–Trinajstić information content (AvgIpc) is 3.27. The highest BCUT2D eigenvalue weighted by atomic mass is 16.3. The van der Waals surface area contributed by atoms with Crippen LogP contribution >= 0.6 is 0 Å². The molecule has 2 rings (SSSR count). The zero-order valence-corrected chi connectivity index (χ0v) is 38.5. The van der Waals surface area contributed by atoms with Gasteiger partial charge in [-0.3, -0.25) is 43.5 Å². The third-order valence-corrected chi connectivity index (χ3v) is 10.6. The fourth-order valence-corrected chi connectivity index (χ4v) is 6.76. The maximum atomic E-state index is 14.5. The van der Waals surface area contributed by atoms with E-state index in [-0.39, 0.29) is 81.5 Å². The molecule has 0 radical (unpaired) electrons. The smallest absolute Gasteiger partial charge is 0.243 e. The number of carbonyl (C=O) groups excluding carboxylic acids is 7. The van der Waals surface area contributed by atoms with Crippen molar-refractivity contribution in [2.24, 2.45) is 50.3 Å². The Balaban J connectivity index is 2.56. The number of nitrogens with one attached hydrogen (secondary N) is 6. The summed E-state index contributed by atoms with van der Waals surface area (Å²) in [6.45, 7) is 5.36. The van der Waals surface area contributed by atoms with E-state index < -0.39 is 83.5 Å². The molecule has 0 heterocycles. The van der Waals surface area contributed by atoms with Gasteiger partial charge >= 0.3 is 0 Å². The van der Waals surface area contributed by atoms with Crippen LogP contribution in [0.3, 0.4) is 0 Å². The molecule has 0 unspecified atom stereocenters. The van der Waals surface area contributed by atoms with Gasteiger partial charge in [0.05, 0.1) is 0 Å². The molecule has 7 amide bonds. The molecule has 2 aromatic carbocycles. The Morgan fingerprint density at radius 1 is 0.537 bits per heavy atom. The fourth-order valence-electron chi connectivity index (χ4n) is 6.76. The van der Waals surface area contributed by atoms with E-state index in [1.165, 1.54) is 55.5 Å². The lowest BCUT2D eigenvalue weighted by Crippen LogP contribution is -2.61. The van der Waals surface area contributed by atoms with Gasteiger partial charge in [-0.25, -0.2) is 0 Å². The summed E-state index contributed by atoms with van der Waals surface area (Å²) in [5.41, 5.74) is 34.1. The van der Waals surface area contributed by atoms with E-state index in [0.29, 0.717) is 36.9 Å². The first kappa shape index (κ1) is 56.0. The number of amides is 7. The Bertz CT molecular complexity index is 1990. The molecule has 0 bridgehead atoms. The highest BCUT2D eigenvalue weighted by Gasteiger charge is 2.34. The van der Waals surface area contributed by atoms with Crippen LogP contribution in [0.4, 0.5) is 0 Å². The van der Waals surface area contributed by atoms with Gasteiger partial charge in [-0.1, -0.05) is 44.5 Å². The van der Waals surface area contributed by atoms with Crippen molar-refractivity contribution in [2.75, 3.05) is 19.6 Å². The lowest BCUT2D eigenvalue weighted by Gasteiger charge is -2.29. The highest BCUT2D eigenvalue weighted by Crippen LogP contribution is 2.16. The second kappa shape index (κ2) is 29.4. The van der Waals surface area contributed by atoms with Gasteiger partial charge in [0.15, 0.2) is 11.9 Å². The first-order valence-electron chi connectivity index (χ1n) is 22.2. The van der Waals surface area contributed by atoms with E-state index in [9.17, 15) is 43.8 Å². The third-order valence-electron chi connectivity index (χ3n) is 10.6. The molecule has 0 saturated carbocycles. The standard InChI is InChI=1S/C44H70N14O9/c1-4-25(2)36(42(67)54-31(37(46)62)9-5-6-20-45)58-39(64)33(11-8-22-52-44(49)50)55-40(65)34(23-27-12-16-29(60)17-13-27)57-41(66)35(24-28-14-18-30(61)19-15-28)56-38(63)32(53-26(3)59)10-7-21-51-43(47)48/h12-19,25,31-36,60-61H,4-11,20-24,45H2,1-3H3,(H2,46,62)(H,53,59)(H,54,67)(H,55,65)(H,56,63)(H,57,66)(H,58,64)(H4,47,48,51)(H4,49,50,52)/t25-,31-,32-,33-,34-,35-,36+/m0/s1. The molecule has 7 atom stereocenters. The molecule has 67 heavy (non-hydrogen) atoms. The number of aliphatic imine (C=N–C) groups is 2. The first-order valence-corrected chi connectivity index (χ1v) is 22.2. The summed E-state index contributed by atoms with van der Waals surface area (Å²) in [6.07, 6.45) is 1.98. The number of carbonyl (C=O) groups is 7. The number of primary amides is 1. The largest absolute Gasteiger partial charge is 0.508 e. The van der Waals surface area contributed by atoms with Gasteiger partial charge in [-0.15, -0.1) is 0 Å². The van der Waals surface area contributed by atoms with Gasteiger partial charge in [0.25, 0.3) is 0 Å². The van der Waals surface area contributed by atoms with Crippen LogP contribution in [0.5, 0.6) is 11.5 Å². The summed E-state index contributed by atoms with van der Waals surface area (Å²) in [6, 6.07) is 4.26. The van der Waals surface area contributed by atoms with E-state index in [1.54, 1.807) is 6.92 Å². The predicted molar refractivity (Wildman–Crippen MR) is 252 cm³/mol. The summed E-state index contributed by atoms with van der Waals surface area (Å²) >= 11 is 0. The van der Waals surface area contributed by atoms with E-state index in [1.807, 2.05) is 6.92 Å². The third kappa shape index (κ3) is 21.6. The van der Waals surface area contributed by atoms with Gasteiger partial charge in [-0.2, -0.15) is 0 Å². The number of rotatable bonds is 30. The van der Waals surface area contributed by atoms with Crippen molar-refractivity contribution in [2.45, 2.75) is 121 Å². The molecule has 23 heteroatoms. The zero-order chi connectivity index (χ0) is 50.1. The predicted octanol–water partition coefficient (Wildman–Crippen LogP) is -2.42. The molecule has 0 aliphatic heterocycles. The van der Waals surface area contributed by atoms with Crippen molar-refractivity contribution in [1.82, 2.24) is 31.9 Å². The second-order valence-electron chi connectivity index (χ2n) is 16.2. The monoisotopic (exact) mass is 939 g/mol. The van der Waals surface area contributed by atoms with Crippen LogP contribution < -0.4 is 66.3 Å². The van der Waals surface area contributed by atoms with Crippen LogP contribution in [0.2, 0.25) is 0 Å². The lowest BCUT2D eigenvalue weighted by atomic mass is 9.96. The van der Waals surface area contributed by atoms with Crippen molar-refractivity contribution in [1.29, 1.82) is 0 Å². The van der Waals surface area contributed by atoms with Gasteiger partial charge in [-0.05, 0) is 92.8 Å². The summed E-state index contributed by atoms with van der Waals surface area (Å²) in [5, 5.41) is 36.0. The van der Waals surface area contributed by atoms with Crippen molar-refractivity contribution < 1.29 is 43.8 Å². The minimum Gasteiger partial charge on any atom is -0.508 e. The number of benzene rings is 2. The van der Waals surface area contributed by atoms with E-state index in [0.717, 1.165) is 0 Å². The Hall–Kier alpha value is -7.17. The lowest BCUT2D eigenvalue weighted by molar-refractivity contribution is -0.136. The van der Waals surface area contributed by atoms with Crippen molar-refractivity contribution in [3.63, 3.8) is 0 Å². The molecule has 20 N–H and O–H groups in total. The Labute approximate surface area is 390 Å². The van der Waals surface area contributed by atoms with E-state index in [4.69, 9.17) is 34.4 Å². The van der Waals surface area contributed by atoms with Crippen LogP contribution in [-0.4, -0.2) is 119 Å². The molecule has 0 fully saturated rings. The van der Waals surface area contributed by atoms with Crippen molar-refractivity contribution >= 4 is 53.3 Å². The molecule has 0 saturated heterocycles. The SMILES string of the molecule is CC[C@H](C)[C@@H](NC(=O)[C@H](CCCN=C(N)N)NC(=O)[C@H](Cc1ccc(O)cc1)NC(=O)[C@H](Cc1ccc(O)cc1)NC(=O)[C@H](CCCN=C(N)N)NC(C)=O)C(=O)N[C@@H](CCCCN)C(N)=O. The summed E-state index contributed by atoms with van der Waals surface area (Å²) in [7, 11) is 0. The zero-order valence-electron chi connectivity index (χ0n) is 38.5. The van der Waals surface area contributed by atoms with Gasteiger partial charge in [0.1, 0.15) is 47.8 Å². The number of nitrogens with zero attached hydrogens (tertiary/aromatic N) is 2. The fraction of sp³-hybridized carbons (Fsp3) is 0.523. The second-order valence-corrected chi connectivity index (χ2v) is 16.2. The Morgan fingerprint density at radius 2 is 0.925 bits per heavy atom. The molecule has 0 aliphatic rings. The summed E-state index contributed by atoms with van der Waals surface area (Å²) in [4.78, 5) is 103. The quantitative estimate of drug-likeness (QED) is 0.0220. The summed E-state index contributed by atoms with van der Waals surface area (Å²) < 4.78 is 0. The summed E-state index contributed by atoms with van der Waals surface area (Å²) in [5.74, 6) is -6.04. The number of guanidine groups is 2. The maximum Gasteiger partial charge on any atom is 0.243 e. The minimum atomic E-state index is -1.42. The Morgan fingerprint density at radius 3 is 1.33 bits per heavy atom. The minimum absolute atomic E-state index is 0.0423. The first-order chi connectivity index (χ1) is 31.7. The molecule has 23 nitrogen and oxygen atoms in total. The normalized spacial score (nSPS) is 14.0. The number of hydrogen-bond acceptors (Lipinski definition) is 12. The molecule has 370 valence electrons. The Kier molecular flexibility index (Phi) is 24.5. The number of nitrogens with two attached hydrogens (primary N) is 6. The highest BCUT2D eigenvalue weighted by molar-refractivity contribution is 5.97. The van der Waals surface area contributed by atoms with Crippen LogP contribution in [0.25, 0.3) is 0 Å². The van der Waals surface area contributed by atoms with Crippen LogP contribution in [0.1, 0.15) is 83.3 Å². The molecule has 0 aromatic heterocycles. The number of phenols is 2. The number of unbranched alkanes of at least 4 members (excludes halogenated alkanes) is 1. The number of hydrogen-bond donors (Lipinski definition) is 14.